The molecule has 2 aromatic rings. The smallest absolute Gasteiger partial charge is 0.295 e. The molecule has 0 aromatic heterocycles. The Morgan fingerprint density at radius 2 is 1.83 bits per heavy atom. The van der Waals surface area contributed by atoms with E-state index in [-0.39, 0.29) is 11.7 Å². The lowest BCUT2D eigenvalue weighted by atomic mass is 9.94. The predicted molar refractivity (Wildman–Crippen MR) is 156 cm³/mol. The van der Waals surface area contributed by atoms with Crippen molar-refractivity contribution in [3.8, 4) is 17.2 Å². The number of carbonyl (C=O) groups excluding carboxylic acids is 2. The van der Waals surface area contributed by atoms with Gasteiger partial charge in [0, 0.05) is 12.0 Å². The van der Waals surface area contributed by atoms with Gasteiger partial charge in [0.1, 0.15) is 11.9 Å². The molecule has 2 heterocycles. The van der Waals surface area contributed by atoms with Crippen LogP contribution in [0.5, 0.6) is 17.2 Å². The van der Waals surface area contributed by atoms with Crippen LogP contribution in [0.3, 0.4) is 0 Å². The van der Waals surface area contributed by atoms with Gasteiger partial charge in [-0.3, -0.25) is 9.59 Å². The molecule has 1 N–H and O–H groups in total. The van der Waals surface area contributed by atoms with Crippen molar-refractivity contribution in [3.05, 3.63) is 58.7 Å². The van der Waals surface area contributed by atoms with Crippen molar-refractivity contribution in [2.24, 2.45) is 5.92 Å². The highest BCUT2D eigenvalue weighted by atomic mass is 16.5. The molecule has 0 radical (unpaired) electrons. The molecular formula is C33H44N2O6. The Hall–Kier alpha value is -3.52. The van der Waals surface area contributed by atoms with Crippen LogP contribution >= 0.6 is 0 Å². The van der Waals surface area contributed by atoms with Gasteiger partial charge >= 0.3 is 0 Å². The molecular weight excluding hydrogens is 520 g/mol. The van der Waals surface area contributed by atoms with E-state index in [0.717, 1.165) is 30.8 Å². The first kappa shape index (κ1) is 30.4. The first-order valence-electron chi connectivity index (χ1n) is 15.0. The Balaban J connectivity index is 1.78. The zero-order valence-electron chi connectivity index (χ0n) is 25.2. The van der Waals surface area contributed by atoms with Crippen molar-refractivity contribution >= 4 is 17.4 Å². The summed E-state index contributed by atoms with van der Waals surface area (Å²) in [6, 6.07) is 9.91. The minimum absolute atomic E-state index is 0.0209. The summed E-state index contributed by atoms with van der Waals surface area (Å²) in [5.74, 6) is 0.579. The maximum Gasteiger partial charge on any atom is 0.295 e. The fourth-order valence-electron chi connectivity index (χ4n) is 5.54. The fraction of sp³-hybridized carbons (Fsp3) is 0.515. The van der Waals surface area contributed by atoms with Crippen molar-refractivity contribution in [3.63, 3.8) is 0 Å². The summed E-state index contributed by atoms with van der Waals surface area (Å²) in [7, 11) is 0. The van der Waals surface area contributed by atoms with Crippen LogP contribution in [0.25, 0.3) is 5.76 Å². The normalized spacial score (nSPS) is 19.7. The molecule has 8 heteroatoms. The number of likely N-dealkylation sites (tertiary alicyclic amines) is 1. The Morgan fingerprint density at radius 1 is 1.07 bits per heavy atom. The summed E-state index contributed by atoms with van der Waals surface area (Å²) in [5, 5.41) is 14.0. The Labute approximate surface area is 243 Å². The number of hydrogen-bond acceptors (Lipinski definition) is 6. The second-order valence-electron chi connectivity index (χ2n) is 11.3. The van der Waals surface area contributed by atoms with Crippen LogP contribution in [0.4, 0.5) is 0 Å². The summed E-state index contributed by atoms with van der Waals surface area (Å²) in [6.07, 6.45) is 1.62. The molecule has 41 heavy (non-hydrogen) atoms. The number of amides is 1. The molecule has 1 saturated heterocycles. The number of fused-ring (bicyclic) bond motifs is 1. The van der Waals surface area contributed by atoms with Crippen LogP contribution in [0.1, 0.15) is 70.7 Å². The van der Waals surface area contributed by atoms with E-state index in [9.17, 15) is 14.7 Å². The number of ketones is 1. The third-order valence-corrected chi connectivity index (χ3v) is 7.93. The van der Waals surface area contributed by atoms with E-state index in [2.05, 4.69) is 27.7 Å². The van der Waals surface area contributed by atoms with Gasteiger partial charge in [-0.25, -0.2) is 0 Å². The summed E-state index contributed by atoms with van der Waals surface area (Å²) in [6.45, 7) is 16.2. The highest BCUT2D eigenvalue weighted by Crippen LogP contribution is 2.42. The molecule has 2 aliphatic heterocycles. The van der Waals surface area contributed by atoms with Crippen LogP contribution in [-0.4, -0.2) is 62.1 Å². The fourth-order valence-corrected chi connectivity index (χ4v) is 5.54. The van der Waals surface area contributed by atoms with Gasteiger partial charge in [-0.05, 0) is 81.0 Å². The average molecular weight is 565 g/mol. The van der Waals surface area contributed by atoms with Crippen molar-refractivity contribution in [2.75, 3.05) is 39.4 Å². The van der Waals surface area contributed by atoms with Crippen LogP contribution in [-0.2, 0) is 16.0 Å². The van der Waals surface area contributed by atoms with Crippen molar-refractivity contribution in [2.45, 2.75) is 66.5 Å². The number of likely N-dealkylation sites (N-methyl/N-ethyl adjacent to an activating group) is 1. The van der Waals surface area contributed by atoms with Gasteiger partial charge in [0.2, 0.25) is 5.78 Å². The SMILES string of the molecule is CCOc1cc(C2C(=C([O-])c3ccc4c(c3)CC(C)O4)C(=O)C(=O)N2CC[NH+](CC)CC)ccc1OCCC(C)C. The predicted octanol–water partition coefficient (Wildman–Crippen LogP) is 2.98. The molecule has 8 nitrogen and oxygen atoms in total. The topological polar surface area (TPSA) is 92.6 Å². The Kier molecular flexibility index (Phi) is 9.97. The van der Waals surface area contributed by atoms with E-state index in [1.165, 1.54) is 4.90 Å². The van der Waals surface area contributed by atoms with Crippen molar-refractivity contribution in [1.29, 1.82) is 0 Å². The number of quaternary nitrogens is 1. The van der Waals surface area contributed by atoms with E-state index in [1.54, 1.807) is 23.1 Å². The zero-order chi connectivity index (χ0) is 29.7. The number of carbonyl (C=O) groups is 2. The lowest BCUT2D eigenvalue weighted by Gasteiger charge is -2.29. The van der Waals surface area contributed by atoms with Crippen molar-refractivity contribution < 1.29 is 33.8 Å². The van der Waals surface area contributed by atoms with E-state index in [4.69, 9.17) is 14.2 Å². The van der Waals surface area contributed by atoms with Gasteiger partial charge in [-0.1, -0.05) is 31.7 Å². The highest BCUT2D eigenvalue weighted by Gasteiger charge is 2.44. The van der Waals surface area contributed by atoms with Crippen LogP contribution in [0.15, 0.2) is 42.0 Å². The van der Waals surface area contributed by atoms with Gasteiger partial charge in [0.05, 0.1) is 45.4 Å². The number of benzene rings is 2. The third-order valence-electron chi connectivity index (χ3n) is 7.93. The molecule has 0 spiro atoms. The van der Waals surface area contributed by atoms with E-state index >= 15 is 0 Å². The second-order valence-corrected chi connectivity index (χ2v) is 11.3. The maximum absolute atomic E-state index is 14.0. The Morgan fingerprint density at radius 3 is 2.51 bits per heavy atom. The summed E-state index contributed by atoms with van der Waals surface area (Å²) < 4.78 is 17.8. The van der Waals surface area contributed by atoms with E-state index < -0.39 is 23.5 Å². The van der Waals surface area contributed by atoms with Gasteiger partial charge in [-0.2, -0.15) is 0 Å². The van der Waals surface area contributed by atoms with Crippen LogP contribution < -0.4 is 24.2 Å². The third kappa shape index (κ3) is 6.70. The summed E-state index contributed by atoms with van der Waals surface area (Å²) in [5.41, 5.74) is 1.95. The quantitative estimate of drug-likeness (QED) is 0.229. The molecule has 222 valence electrons. The number of nitrogens with zero attached hydrogens (tertiary/aromatic N) is 1. The summed E-state index contributed by atoms with van der Waals surface area (Å²) >= 11 is 0. The van der Waals surface area contributed by atoms with Crippen LogP contribution in [0.2, 0.25) is 0 Å². The van der Waals surface area contributed by atoms with E-state index in [1.807, 2.05) is 32.0 Å². The minimum atomic E-state index is -0.815. The molecule has 1 fully saturated rings. The Bertz CT molecular complexity index is 1280. The molecule has 2 aromatic carbocycles. The van der Waals surface area contributed by atoms with Gasteiger partial charge in [0.25, 0.3) is 5.91 Å². The highest BCUT2D eigenvalue weighted by molar-refractivity contribution is 6.46. The standard InChI is InChI=1S/C33H44N2O6/c1-7-34(8-2)15-16-35-30(23-10-13-27(28(20-23)39-9-3)40-17-14-21(4)5)29(32(37)33(35)38)31(36)24-11-12-26-25(19-24)18-22(6)41-26/h10-13,19-22,30,36H,7-9,14-18H2,1-6H3. The molecule has 4 rings (SSSR count). The largest absolute Gasteiger partial charge is 0.872 e. The first-order chi connectivity index (χ1) is 19.7. The maximum atomic E-state index is 14.0. The van der Waals surface area contributed by atoms with Gasteiger partial charge in [0.15, 0.2) is 11.5 Å². The first-order valence-corrected chi connectivity index (χ1v) is 15.0. The number of rotatable bonds is 13. The molecule has 2 atom stereocenters. The molecule has 0 saturated carbocycles. The number of nitrogens with one attached hydrogen (secondary N) is 1. The molecule has 0 bridgehead atoms. The van der Waals surface area contributed by atoms with Crippen molar-refractivity contribution in [1.82, 2.24) is 4.90 Å². The average Bonchev–Trinajstić information content (AvgIpc) is 3.44. The lowest BCUT2D eigenvalue weighted by Crippen LogP contribution is -3.12. The summed E-state index contributed by atoms with van der Waals surface area (Å²) in [4.78, 5) is 29.9. The molecule has 2 unspecified atom stereocenters. The number of Topliss-reactive ketones (excluding diaryl/α,β-unsaturated/α-hetero) is 1. The molecule has 0 aliphatic carbocycles. The second kappa shape index (κ2) is 13.4. The molecule has 2 aliphatic rings. The molecule has 1 amide bonds. The van der Waals surface area contributed by atoms with Crippen LogP contribution in [0, 0.1) is 5.92 Å². The van der Waals surface area contributed by atoms with Gasteiger partial charge < -0.3 is 29.1 Å². The van der Waals surface area contributed by atoms with E-state index in [0.29, 0.717) is 61.3 Å². The minimum Gasteiger partial charge on any atom is -0.872 e. The monoisotopic (exact) mass is 564 g/mol. The number of ether oxygens (including phenoxy) is 3. The number of hydrogen-bond donors (Lipinski definition) is 1. The van der Waals surface area contributed by atoms with Gasteiger partial charge in [-0.15, -0.1) is 0 Å². The zero-order valence-corrected chi connectivity index (χ0v) is 25.2. The lowest BCUT2D eigenvalue weighted by molar-refractivity contribution is -0.895.